The van der Waals surface area contributed by atoms with E-state index in [1.807, 2.05) is 0 Å². The maximum Gasteiger partial charge on any atom is 0.0759 e. The summed E-state index contributed by atoms with van der Waals surface area (Å²) in [6, 6.07) is 0. The second kappa shape index (κ2) is 7.14. The number of piperidine rings is 1. The Kier molecular flexibility index (Phi) is 6.13. The minimum absolute atomic E-state index is 0.323. The minimum atomic E-state index is 0.323. The van der Waals surface area contributed by atoms with Gasteiger partial charge in [-0.2, -0.15) is 0 Å². The van der Waals surface area contributed by atoms with E-state index in [2.05, 4.69) is 4.90 Å². The van der Waals surface area contributed by atoms with E-state index < -0.39 is 0 Å². The lowest BCUT2D eigenvalue weighted by Gasteiger charge is -2.31. The predicted molar refractivity (Wildman–Crippen MR) is 66.9 cm³/mol. The number of likely N-dealkylation sites (tertiary alicyclic amines) is 1. The highest BCUT2D eigenvalue weighted by Crippen LogP contribution is 2.17. The first-order chi connectivity index (χ1) is 7.24. The molecule has 1 aliphatic heterocycles. The van der Waals surface area contributed by atoms with E-state index in [0.29, 0.717) is 17.5 Å². The quantitative estimate of drug-likeness (QED) is 0.531. The molecule has 0 saturated carbocycles. The topological polar surface area (TPSA) is 49.5 Å². The van der Waals surface area contributed by atoms with Gasteiger partial charge in [-0.3, -0.25) is 0 Å². The zero-order valence-corrected chi connectivity index (χ0v) is 10.1. The Bertz CT molecular complexity index is 191. The lowest BCUT2D eigenvalue weighted by Crippen LogP contribution is -2.38. The number of nitrogens with zero attached hydrogens (tertiary/aromatic N) is 1. The SMILES string of the molecule is NC(=S)C1CCN(CCCCCO)CC1. The summed E-state index contributed by atoms with van der Waals surface area (Å²) in [5.74, 6) is 0.466. The predicted octanol–water partition coefficient (Wildman–Crippen LogP) is 1.15. The van der Waals surface area contributed by atoms with E-state index in [1.165, 1.54) is 6.42 Å². The molecule has 0 atom stereocenters. The molecule has 0 spiro atoms. The average molecular weight is 230 g/mol. The third kappa shape index (κ3) is 4.91. The van der Waals surface area contributed by atoms with E-state index in [4.69, 9.17) is 23.1 Å². The molecule has 0 aliphatic carbocycles. The summed E-state index contributed by atoms with van der Waals surface area (Å²) in [7, 11) is 0. The second-order valence-electron chi connectivity index (χ2n) is 4.30. The maximum atomic E-state index is 8.66. The Labute approximate surface area is 97.6 Å². The number of nitrogens with two attached hydrogens (primary N) is 1. The molecule has 0 aromatic rings. The molecule has 1 aliphatic rings. The van der Waals surface area contributed by atoms with Gasteiger partial charge in [-0.05, 0) is 51.7 Å². The molecule has 1 rings (SSSR count). The highest BCUT2D eigenvalue weighted by Gasteiger charge is 2.20. The first-order valence-electron chi connectivity index (χ1n) is 5.86. The van der Waals surface area contributed by atoms with Gasteiger partial charge in [0.15, 0.2) is 0 Å². The highest BCUT2D eigenvalue weighted by atomic mass is 32.1. The van der Waals surface area contributed by atoms with Gasteiger partial charge in [0.1, 0.15) is 0 Å². The summed E-state index contributed by atoms with van der Waals surface area (Å²) in [5, 5.41) is 8.66. The standard InChI is InChI=1S/C11H22N2OS/c12-11(15)10-4-7-13(8-5-10)6-2-1-3-9-14/h10,14H,1-9H2,(H2,12,15). The molecule has 0 bridgehead atoms. The number of aliphatic hydroxyl groups excluding tert-OH is 1. The number of aliphatic hydroxyl groups is 1. The van der Waals surface area contributed by atoms with Gasteiger partial charge in [-0.1, -0.05) is 12.2 Å². The number of rotatable bonds is 6. The third-order valence-electron chi connectivity index (χ3n) is 3.12. The molecular weight excluding hydrogens is 208 g/mol. The van der Waals surface area contributed by atoms with Gasteiger partial charge in [0.05, 0.1) is 4.99 Å². The Morgan fingerprint density at radius 1 is 1.27 bits per heavy atom. The Morgan fingerprint density at radius 2 is 1.93 bits per heavy atom. The monoisotopic (exact) mass is 230 g/mol. The molecule has 3 nitrogen and oxygen atoms in total. The number of thiocarbonyl (C=S) groups is 1. The fourth-order valence-electron chi connectivity index (χ4n) is 2.07. The molecule has 15 heavy (non-hydrogen) atoms. The molecule has 0 unspecified atom stereocenters. The first kappa shape index (κ1) is 12.9. The van der Waals surface area contributed by atoms with Crippen LogP contribution in [0.4, 0.5) is 0 Å². The lowest BCUT2D eigenvalue weighted by molar-refractivity contribution is 0.202. The van der Waals surface area contributed by atoms with Crippen molar-refractivity contribution in [1.29, 1.82) is 0 Å². The van der Waals surface area contributed by atoms with Gasteiger partial charge >= 0.3 is 0 Å². The first-order valence-corrected chi connectivity index (χ1v) is 6.27. The van der Waals surface area contributed by atoms with Crippen LogP contribution in [-0.2, 0) is 0 Å². The highest BCUT2D eigenvalue weighted by molar-refractivity contribution is 7.80. The van der Waals surface area contributed by atoms with Crippen molar-refractivity contribution in [3.63, 3.8) is 0 Å². The van der Waals surface area contributed by atoms with Crippen molar-refractivity contribution in [2.45, 2.75) is 32.1 Å². The molecule has 0 amide bonds. The van der Waals surface area contributed by atoms with Crippen molar-refractivity contribution < 1.29 is 5.11 Å². The van der Waals surface area contributed by atoms with E-state index in [-0.39, 0.29) is 0 Å². The molecule has 1 saturated heterocycles. The summed E-state index contributed by atoms with van der Waals surface area (Å²) in [5.41, 5.74) is 5.64. The molecule has 4 heteroatoms. The molecule has 0 aromatic carbocycles. The van der Waals surface area contributed by atoms with Crippen LogP contribution in [0.15, 0.2) is 0 Å². The molecule has 3 N–H and O–H groups in total. The van der Waals surface area contributed by atoms with Crippen molar-refractivity contribution in [3.05, 3.63) is 0 Å². The normalized spacial score (nSPS) is 19.3. The molecule has 0 radical (unpaired) electrons. The van der Waals surface area contributed by atoms with Gasteiger partial charge in [0.2, 0.25) is 0 Å². The summed E-state index contributed by atoms with van der Waals surface area (Å²) in [6.07, 6.45) is 5.50. The van der Waals surface area contributed by atoms with Crippen LogP contribution in [0.25, 0.3) is 0 Å². The van der Waals surface area contributed by atoms with Crippen molar-refractivity contribution in [2.24, 2.45) is 11.7 Å². The van der Waals surface area contributed by atoms with Crippen LogP contribution in [0.1, 0.15) is 32.1 Å². The van der Waals surface area contributed by atoms with E-state index in [9.17, 15) is 0 Å². The summed E-state index contributed by atoms with van der Waals surface area (Å²) >= 11 is 5.01. The van der Waals surface area contributed by atoms with Crippen LogP contribution < -0.4 is 5.73 Å². The molecule has 1 fully saturated rings. The van der Waals surface area contributed by atoms with Crippen molar-refractivity contribution >= 4 is 17.2 Å². The molecule has 0 aromatic heterocycles. The van der Waals surface area contributed by atoms with Gasteiger partial charge in [-0.15, -0.1) is 0 Å². The number of hydrogen-bond donors (Lipinski definition) is 2. The average Bonchev–Trinajstić information content (AvgIpc) is 2.25. The number of unbranched alkanes of at least 4 members (excludes halogenated alkanes) is 2. The fraction of sp³-hybridized carbons (Fsp3) is 0.909. The van der Waals surface area contributed by atoms with Crippen LogP contribution in [0.5, 0.6) is 0 Å². The largest absolute Gasteiger partial charge is 0.396 e. The van der Waals surface area contributed by atoms with Crippen molar-refractivity contribution in [2.75, 3.05) is 26.2 Å². The lowest BCUT2D eigenvalue weighted by atomic mass is 9.97. The molecule has 88 valence electrons. The van der Waals surface area contributed by atoms with Gasteiger partial charge < -0.3 is 15.7 Å². The van der Waals surface area contributed by atoms with Crippen LogP contribution >= 0.6 is 12.2 Å². The third-order valence-corrected chi connectivity index (χ3v) is 3.46. The Hall–Kier alpha value is -0.190. The molecular formula is C11H22N2OS. The van der Waals surface area contributed by atoms with Gasteiger partial charge in [0, 0.05) is 12.5 Å². The summed E-state index contributed by atoms with van der Waals surface area (Å²) in [6.45, 7) is 3.73. The van der Waals surface area contributed by atoms with Crippen LogP contribution in [0, 0.1) is 5.92 Å². The van der Waals surface area contributed by atoms with Crippen LogP contribution in [0.3, 0.4) is 0 Å². The van der Waals surface area contributed by atoms with E-state index in [1.54, 1.807) is 0 Å². The van der Waals surface area contributed by atoms with Gasteiger partial charge in [-0.25, -0.2) is 0 Å². The van der Waals surface area contributed by atoms with Crippen molar-refractivity contribution in [1.82, 2.24) is 4.90 Å². The zero-order valence-electron chi connectivity index (χ0n) is 9.32. The van der Waals surface area contributed by atoms with E-state index in [0.717, 1.165) is 45.3 Å². The smallest absolute Gasteiger partial charge is 0.0759 e. The minimum Gasteiger partial charge on any atom is -0.396 e. The summed E-state index contributed by atoms with van der Waals surface area (Å²) in [4.78, 5) is 3.17. The number of hydrogen-bond acceptors (Lipinski definition) is 3. The van der Waals surface area contributed by atoms with Crippen LogP contribution in [-0.4, -0.2) is 41.2 Å². The maximum absolute atomic E-state index is 8.66. The fourth-order valence-corrected chi connectivity index (χ4v) is 2.30. The zero-order chi connectivity index (χ0) is 11.1. The Balaban J connectivity index is 2.07. The van der Waals surface area contributed by atoms with Crippen molar-refractivity contribution in [3.8, 4) is 0 Å². The van der Waals surface area contributed by atoms with Crippen LogP contribution in [0.2, 0.25) is 0 Å². The summed E-state index contributed by atoms with van der Waals surface area (Å²) < 4.78 is 0. The Morgan fingerprint density at radius 3 is 2.47 bits per heavy atom. The second-order valence-corrected chi connectivity index (χ2v) is 4.77. The molecule has 1 heterocycles. The van der Waals surface area contributed by atoms with E-state index >= 15 is 0 Å². The van der Waals surface area contributed by atoms with Gasteiger partial charge in [0.25, 0.3) is 0 Å².